The van der Waals surface area contributed by atoms with Crippen LogP contribution in [0.3, 0.4) is 0 Å². The van der Waals surface area contributed by atoms with E-state index in [1.54, 1.807) is 0 Å². The largest absolute Gasteiger partial charge is 0.369 e. The smallest absolute Gasteiger partial charge is 0.276 e. The molecule has 0 saturated heterocycles. The highest BCUT2D eigenvalue weighted by atomic mass is 19.1. The fourth-order valence-corrected chi connectivity index (χ4v) is 1.31. The van der Waals surface area contributed by atoms with Crippen LogP contribution < -0.4 is 11.1 Å². The summed E-state index contributed by atoms with van der Waals surface area (Å²) >= 11 is 0. The number of ketones is 1. The first-order valence-electron chi connectivity index (χ1n) is 4.73. The van der Waals surface area contributed by atoms with Crippen molar-refractivity contribution in [3.05, 3.63) is 47.4 Å². The average molecular weight is 233 g/mol. The number of amides is 1. The number of hydrogen-bond acceptors (Lipinski definition) is 4. The maximum atomic E-state index is 12.6. The van der Waals surface area contributed by atoms with Gasteiger partial charge in [0.05, 0.1) is 0 Å². The van der Waals surface area contributed by atoms with Gasteiger partial charge < -0.3 is 5.73 Å². The molecule has 0 radical (unpaired) electrons. The second-order valence-electron chi connectivity index (χ2n) is 3.35. The highest BCUT2D eigenvalue weighted by molar-refractivity contribution is 6.16. The van der Waals surface area contributed by atoms with Gasteiger partial charge in [0.15, 0.2) is 5.78 Å². The number of allylic oxidation sites excluding steroid dienone is 1. The van der Waals surface area contributed by atoms with E-state index in [9.17, 15) is 14.0 Å². The summed E-state index contributed by atoms with van der Waals surface area (Å²) in [5.74, 6) is -1.45. The Kier molecular flexibility index (Phi) is 2.70. The maximum absolute atomic E-state index is 12.6. The van der Waals surface area contributed by atoms with Crippen molar-refractivity contribution >= 4 is 17.6 Å². The number of aliphatic imine (C=N–C) groups is 1. The van der Waals surface area contributed by atoms with Crippen LogP contribution in [0.1, 0.15) is 10.4 Å². The van der Waals surface area contributed by atoms with Crippen molar-refractivity contribution in [3.63, 3.8) is 0 Å². The van der Waals surface area contributed by atoms with Crippen LogP contribution in [-0.4, -0.2) is 17.6 Å². The Morgan fingerprint density at radius 3 is 2.53 bits per heavy atom. The summed E-state index contributed by atoms with van der Waals surface area (Å²) < 4.78 is 12.6. The van der Waals surface area contributed by atoms with Crippen molar-refractivity contribution in [1.29, 1.82) is 0 Å². The minimum absolute atomic E-state index is 0.0480. The van der Waals surface area contributed by atoms with Crippen molar-refractivity contribution < 1.29 is 14.0 Å². The molecule has 0 unspecified atom stereocenters. The van der Waals surface area contributed by atoms with Gasteiger partial charge in [0.25, 0.3) is 5.91 Å². The molecule has 1 heterocycles. The van der Waals surface area contributed by atoms with Crippen LogP contribution in [0.5, 0.6) is 0 Å². The zero-order valence-electron chi connectivity index (χ0n) is 8.61. The molecule has 1 aliphatic rings. The molecular weight excluding hydrogens is 225 g/mol. The van der Waals surface area contributed by atoms with Crippen LogP contribution in [-0.2, 0) is 4.79 Å². The molecule has 1 amide bonds. The monoisotopic (exact) mass is 233 g/mol. The van der Waals surface area contributed by atoms with Gasteiger partial charge in [0.1, 0.15) is 11.5 Å². The molecule has 0 fully saturated rings. The van der Waals surface area contributed by atoms with E-state index < -0.39 is 17.5 Å². The lowest BCUT2D eigenvalue weighted by Crippen LogP contribution is -2.30. The number of benzene rings is 1. The van der Waals surface area contributed by atoms with Gasteiger partial charge in [-0.3, -0.25) is 14.9 Å². The molecule has 1 aromatic rings. The molecule has 0 saturated carbocycles. The predicted octanol–water partition coefficient (Wildman–Crippen LogP) is 0.337. The average Bonchev–Trinajstić information content (AvgIpc) is 2.58. The first kappa shape index (κ1) is 11.0. The molecule has 0 bridgehead atoms. The molecule has 6 heteroatoms. The summed E-state index contributed by atoms with van der Waals surface area (Å²) in [6.07, 6.45) is 1.06. The molecule has 1 aromatic carbocycles. The third kappa shape index (κ3) is 2.36. The highest BCUT2D eigenvalue weighted by Gasteiger charge is 2.19. The second-order valence-corrected chi connectivity index (χ2v) is 3.35. The summed E-state index contributed by atoms with van der Waals surface area (Å²) in [6, 6.07) is 4.99. The molecule has 1 aliphatic heterocycles. The van der Waals surface area contributed by atoms with Crippen LogP contribution in [0, 0.1) is 5.82 Å². The standard InChI is InChI=1S/C11H8FN3O2/c12-7-3-1-6(2-4-7)9(16)5-8-10(17)15-11(13)14-8/h1-5H,(H3,13,14,15,17). The lowest BCUT2D eigenvalue weighted by Gasteiger charge is -1.95. The second kappa shape index (κ2) is 4.17. The van der Waals surface area contributed by atoms with E-state index in [2.05, 4.69) is 10.3 Å². The van der Waals surface area contributed by atoms with Crippen molar-refractivity contribution in [2.24, 2.45) is 10.7 Å². The summed E-state index contributed by atoms with van der Waals surface area (Å²) in [6.45, 7) is 0. The van der Waals surface area contributed by atoms with E-state index in [-0.39, 0.29) is 17.2 Å². The molecule has 0 aliphatic carbocycles. The molecule has 2 rings (SSSR count). The third-order valence-electron chi connectivity index (χ3n) is 2.11. The summed E-state index contributed by atoms with van der Waals surface area (Å²) in [4.78, 5) is 26.5. The molecule has 3 N–H and O–H groups in total. The van der Waals surface area contributed by atoms with E-state index in [1.807, 2.05) is 0 Å². The molecule has 0 aromatic heterocycles. The van der Waals surface area contributed by atoms with Crippen LogP contribution >= 0.6 is 0 Å². The Morgan fingerprint density at radius 2 is 2.00 bits per heavy atom. The Bertz CT molecular complexity index is 546. The van der Waals surface area contributed by atoms with Gasteiger partial charge in [-0.25, -0.2) is 9.38 Å². The number of rotatable bonds is 2. The van der Waals surface area contributed by atoms with Crippen LogP contribution in [0.25, 0.3) is 0 Å². The van der Waals surface area contributed by atoms with Gasteiger partial charge in [0, 0.05) is 11.6 Å². The number of nitrogens with one attached hydrogen (secondary N) is 1. The van der Waals surface area contributed by atoms with E-state index >= 15 is 0 Å². The van der Waals surface area contributed by atoms with Crippen LogP contribution in [0.4, 0.5) is 4.39 Å². The first-order chi connectivity index (χ1) is 8.06. The third-order valence-corrected chi connectivity index (χ3v) is 2.11. The van der Waals surface area contributed by atoms with E-state index in [0.717, 1.165) is 18.2 Å². The SMILES string of the molecule is NC1=NC(=CC(=O)c2ccc(F)cc2)C(=O)N1. The number of nitrogens with two attached hydrogens (primary N) is 1. The van der Waals surface area contributed by atoms with Gasteiger partial charge in [0.2, 0.25) is 5.96 Å². The number of halogens is 1. The Balaban J connectivity index is 2.25. The molecule has 17 heavy (non-hydrogen) atoms. The molecule has 5 nitrogen and oxygen atoms in total. The van der Waals surface area contributed by atoms with Gasteiger partial charge in [-0.1, -0.05) is 0 Å². The van der Waals surface area contributed by atoms with Gasteiger partial charge in [-0.05, 0) is 24.3 Å². The number of nitrogens with zero attached hydrogens (tertiary/aromatic N) is 1. The lowest BCUT2D eigenvalue weighted by atomic mass is 10.1. The van der Waals surface area contributed by atoms with E-state index in [0.29, 0.717) is 0 Å². The predicted molar refractivity (Wildman–Crippen MR) is 58.6 cm³/mol. The van der Waals surface area contributed by atoms with Crippen molar-refractivity contribution in [2.45, 2.75) is 0 Å². The Morgan fingerprint density at radius 1 is 1.35 bits per heavy atom. The first-order valence-corrected chi connectivity index (χ1v) is 4.73. The quantitative estimate of drug-likeness (QED) is 0.570. The minimum atomic E-state index is -0.530. The molecule has 0 atom stereocenters. The van der Waals surface area contributed by atoms with Gasteiger partial charge >= 0.3 is 0 Å². The highest BCUT2D eigenvalue weighted by Crippen LogP contribution is 2.08. The number of hydrogen-bond donors (Lipinski definition) is 2. The fourth-order valence-electron chi connectivity index (χ4n) is 1.31. The van der Waals surface area contributed by atoms with Crippen molar-refractivity contribution in [1.82, 2.24) is 5.32 Å². The maximum Gasteiger partial charge on any atom is 0.276 e. The summed E-state index contributed by atoms with van der Waals surface area (Å²) in [5.41, 5.74) is 5.48. The van der Waals surface area contributed by atoms with Crippen LogP contribution in [0.2, 0.25) is 0 Å². The zero-order valence-corrected chi connectivity index (χ0v) is 8.61. The van der Waals surface area contributed by atoms with E-state index in [1.165, 1.54) is 12.1 Å². The number of carbonyl (C=O) groups excluding carboxylic acids is 2. The molecule has 86 valence electrons. The molecule has 0 spiro atoms. The normalized spacial score (nSPS) is 16.9. The number of carbonyl (C=O) groups is 2. The fraction of sp³-hybridized carbons (Fsp3) is 0. The van der Waals surface area contributed by atoms with Crippen LogP contribution in [0.15, 0.2) is 41.0 Å². The van der Waals surface area contributed by atoms with Crippen molar-refractivity contribution in [2.75, 3.05) is 0 Å². The zero-order chi connectivity index (χ0) is 12.4. The Labute approximate surface area is 95.8 Å². The Hall–Kier alpha value is -2.50. The summed E-state index contributed by atoms with van der Waals surface area (Å²) in [7, 11) is 0. The number of guanidine groups is 1. The van der Waals surface area contributed by atoms with Gasteiger partial charge in [-0.15, -0.1) is 0 Å². The van der Waals surface area contributed by atoms with Crippen molar-refractivity contribution in [3.8, 4) is 0 Å². The minimum Gasteiger partial charge on any atom is -0.369 e. The molecular formula is C11H8FN3O2. The van der Waals surface area contributed by atoms with E-state index in [4.69, 9.17) is 5.73 Å². The van der Waals surface area contributed by atoms with Gasteiger partial charge in [-0.2, -0.15) is 0 Å². The topological polar surface area (TPSA) is 84.5 Å². The lowest BCUT2D eigenvalue weighted by molar-refractivity contribution is -0.115. The summed E-state index contributed by atoms with van der Waals surface area (Å²) in [5, 5.41) is 2.24.